The maximum Gasteiger partial charge on any atom is 0.299 e. The Labute approximate surface area is 146 Å². The van der Waals surface area contributed by atoms with Crippen molar-refractivity contribution in [3.63, 3.8) is 0 Å². The van der Waals surface area contributed by atoms with Crippen LogP contribution in [0.2, 0.25) is 18.1 Å². The van der Waals surface area contributed by atoms with Crippen molar-refractivity contribution in [2.75, 3.05) is 49.2 Å². The van der Waals surface area contributed by atoms with Gasteiger partial charge in [-0.2, -0.15) is 4.98 Å². The minimum absolute atomic E-state index is 0.246. The fraction of sp³-hybridized carbons (Fsp3) is 0.824. The van der Waals surface area contributed by atoms with Gasteiger partial charge in [0.1, 0.15) is 0 Å². The second kappa shape index (κ2) is 6.69. The Morgan fingerprint density at radius 3 is 2.54 bits per heavy atom. The molecule has 0 radical (unpaired) electrons. The van der Waals surface area contributed by atoms with Gasteiger partial charge in [0.05, 0.1) is 25.5 Å². The molecule has 1 atom stereocenters. The molecule has 2 fully saturated rings. The van der Waals surface area contributed by atoms with Crippen molar-refractivity contribution in [2.24, 2.45) is 0 Å². The molecule has 1 aromatic rings. The lowest BCUT2D eigenvalue weighted by Gasteiger charge is -2.38. The van der Waals surface area contributed by atoms with Gasteiger partial charge in [-0.1, -0.05) is 20.8 Å². The molecule has 0 aliphatic carbocycles. The second-order valence-corrected chi connectivity index (χ2v) is 13.1. The van der Waals surface area contributed by atoms with Gasteiger partial charge in [-0.15, -0.1) is 0 Å². The standard InChI is InChI=1S/C17H31N3O3Si/c1-17(2,3)24(4,5)23-14-6-7-20(13-14)15-12-18-16(22-15)19-8-10-21-11-9-19/h12,14H,6-11,13H2,1-5H3/t14-/m0/s1. The zero-order valence-corrected chi connectivity index (χ0v) is 16.7. The maximum absolute atomic E-state index is 6.55. The highest BCUT2D eigenvalue weighted by Crippen LogP contribution is 2.38. The SMILES string of the molecule is CC(C)(C)[Si](C)(C)O[C@H]1CCN(c2cnc(N3CCOCC3)o2)C1. The van der Waals surface area contributed by atoms with Crippen LogP contribution in [0.25, 0.3) is 0 Å². The first-order chi connectivity index (χ1) is 11.3. The summed E-state index contributed by atoms with van der Waals surface area (Å²) < 4.78 is 17.9. The number of morpholine rings is 1. The first-order valence-electron chi connectivity index (χ1n) is 8.97. The van der Waals surface area contributed by atoms with Gasteiger partial charge in [-0.05, 0) is 24.6 Å². The van der Waals surface area contributed by atoms with E-state index in [0.29, 0.717) is 12.1 Å². The van der Waals surface area contributed by atoms with Gasteiger partial charge in [-0.3, -0.25) is 0 Å². The summed E-state index contributed by atoms with van der Waals surface area (Å²) in [4.78, 5) is 8.86. The molecular weight excluding hydrogens is 322 g/mol. The smallest absolute Gasteiger partial charge is 0.299 e. The van der Waals surface area contributed by atoms with E-state index in [1.807, 2.05) is 6.20 Å². The molecule has 2 saturated heterocycles. The van der Waals surface area contributed by atoms with E-state index in [1.165, 1.54) is 0 Å². The zero-order chi connectivity index (χ0) is 17.4. The van der Waals surface area contributed by atoms with Crippen molar-refractivity contribution < 1.29 is 13.6 Å². The van der Waals surface area contributed by atoms with E-state index < -0.39 is 8.32 Å². The second-order valence-electron chi connectivity index (χ2n) is 8.32. The number of anilines is 2. The van der Waals surface area contributed by atoms with Gasteiger partial charge in [-0.25, -0.2) is 0 Å². The number of aromatic nitrogens is 1. The summed E-state index contributed by atoms with van der Waals surface area (Å²) in [6.07, 6.45) is 3.20. The van der Waals surface area contributed by atoms with Gasteiger partial charge in [0, 0.05) is 26.2 Å². The highest BCUT2D eigenvalue weighted by molar-refractivity contribution is 6.74. The predicted molar refractivity (Wildman–Crippen MR) is 98.4 cm³/mol. The zero-order valence-electron chi connectivity index (χ0n) is 15.7. The molecule has 136 valence electrons. The highest BCUT2D eigenvalue weighted by atomic mass is 28.4. The molecule has 0 bridgehead atoms. The molecular formula is C17H31N3O3Si. The summed E-state index contributed by atoms with van der Waals surface area (Å²) in [5.41, 5.74) is 0. The average molecular weight is 354 g/mol. The third kappa shape index (κ3) is 3.78. The lowest BCUT2D eigenvalue weighted by molar-refractivity contribution is 0.120. The van der Waals surface area contributed by atoms with E-state index in [4.69, 9.17) is 13.6 Å². The van der Waals surface area contributed by atoms with Crippen LogP contribution in [0.3, 0.4) is 0 Å². The van der Waals surface area contributed by atoms with E-state index in [1.54, 1.807) is 0 Å². The van der Waals surface area contributed by atoms with E-state index >= 15 is 0 Å². The topological polar surface area (TPSA) is 51.0 Å². The number of nitrogens with zero attached hydrogens (tertiary/aromatic N) is 3. The Hall–Kier alpha value is -1.05. The molecule has 1 aromatic heterocycles. The molecule has 24 heavy (non-hydrogen) atoms. The molecule has 0 unspecified atom stereocenters. The Kier molecular flexibility index (Phi) is 4.95. The van der Waals surface area contributed by atoms with Crippen LogP contribution in [-0.2, 0) is 9.16 Å². The third-order valence-corrected chi connectivity index (χ3v) is 10.0. The highest BCUT2D eigenvalue weighted by Gasteiger charge is 2.40. The lowest BCUT2D eigenvalue weighted by atomic mass is 10.2. The van der Waals surface area contributed by atoms with E-state index in [9.17, 15) is 0 Å². The van der Waals surface area contributed by atoms with Crippen molar-refractivity contribution in [1.82, 2.24) is 4.98 Å². The number of rotatable bonds is 4. The molecule has 0 amide bonds. The summed E-state index contributed by atoms with van der Waals surface area (Å²) in [5.74, 6) is 0.859. The maximum atomic E-state index is 6.55. The number of hydrogen-bond donors (Lipinski definition) is 0. The molecule has 0 spiro atoms. The van der Waals surface area contributed by atoms with Gasteiger partial charge in [0.25, 0.3) is 6.01 Å². The van der Waals surface area contributed by atoms with Crippen molar-refractivity contribution >= 4 is 20.2 Å². The van der Waals surface area contributed by atoms with Crippen LogP contribution >= 0.6 is 0 Å². The Morgan fingerprint density at radius 1 is 1.17 bits per heavy atom. The Morgan fingerprint density at radius 2 is 1.88 bits per heavy atom. The van der Waals surface area contributed by atoms with Crippen LogP contribution in [0.1, 0.15) is 27.2 Å². The molecule has 0 N–H and O–H groups in total. The van der Waals surface area contributed by atoms with Crippen molar-refractivity contribution in [3.8, 4) is 0 Å². The molecule has 2 aliphatic heterocycles. The van der Waals surface area contributed by atoms with Crippen LogP contribution in [0, 0.1) is 0 Å². The van der Waals surface area contributed by atoms with E-state index in [0.717, 1.165) is 51.7 Å². The summed E-state index contributed by atoms with van der Waals surface area (Å²) in [6, 6.07) is 0.710. The predicted octanol–water partition coefficient (Wildman–Crippen LogP) is 3.11. The fourth-order valence-electron chi connectivity index (χ4n) is 2.92. The Bertz CT molecular complexity index is 550. The normalized spacial score (nSPS) is 23.1. The van der Waals surface area contributed by atoms with Crippen molar-refractivity contribution in [1.29, 1.82) is 0 Å². The summed E-state index contributed by atoms with van der Waals surface area (Å²) in [5, 5.41) is 0.246. The summed E-state index contributed by atoms with van der Waals surface area (Å²) >= 11 is 0. The number of hydrogen-bond acceptors (Lipinski definition) is 6. The largest absolute Gasteiger partial charge is 0.412 e. The monoisotopic (exact) mass is 353 g/mol. The minimum Gasteiger partial charge on any atom is -0.412 e. The molecule has 0 aromatic carbocycles. The number of oxazole rings is 1. The van der Waals surface area contributed by atoms with Gasteiger partial charge in [0.15, 0.2) is 8.32 Å². The van der Waals surface area contributed by atoms with Crippen LogP contribution in [0.15, 0.2) is 10.6 Å². The van der Waals surface area contributed by atoms with E-state index in [2.05, 4.69) is 48.6 Å². The molecule has 3 rings (SSSR count). The van der Waals surface area contributed by atoms with Gasteiger partial charge in [0.2, 0.25) is 5.88 Å². The molecule has 0 saturated carbocycles. The molecule has 2 aliphatic rings. The molecule has 7 heteroatoms. The number of ether oxygens (including phenoxy) is 1. The van der Waals surface area contributed by atoms with Crippen LogP contribution < -0.4 is 9.80 Å². The Balaban J connectivity index is 1.59. The van der Waals surface area contributed by atoms with Crippen LogP contribution in [0.4, 0.5) is 11.9 Å². The third-order valence-electron chi connectivity index (χ3n) is 5.49. The molecule has 6 nitrogen and oxygen atoms in total. The summed E-state index contributed by atoms with van der Waals surface area (Å²) in [6.45, 7) is 16.5. The van der Waals surface area contributed by atoms with Crippen LogP contribution in [-0.4, -0.2) is 58.8 Å². The van der Waals surface area contributed by atoms with E-state index in [-0.39, 0.29) is 5.04 Å². The van der Waals surface area contributed by atoms with Gasteiger partial charge >= 0.3 is 0 Å². The quantitative estimate of drug-likeness (QED) is 0.775. The van der Waals surface area contributed by atoms with Gasteiger partial charge < -0.3 is 23.4 Å². The minimum atomic E-state index is -1.72. The molecule has 3 heterocycles. The summed E-state index contributed by atoms with van der Waals surface area (Å²) in [7, 11) is -1.72. The average Bonchev–Trinajstić information content (AvgIpc) is 3.15. The van der Waals surface area contributed by atoms with Crippen molar-refractivity contribution in [2.45, 2.75) is 51.4 Å². The fourth-order valence-corrected chi connectivity index (χ4v) is 4.30. The first-order valence-corrected chi connectivity index (χ1v) is 11.9. The van der Waals surface area contributed by atoms with Crippen molar-refractivity contribution in [3.05, 3.63) is 6.20 Å². The lowest BCUT2D eigenvalue weighted by Crippen LogP contribution is -2.44. The first kappa shape index (κ1) is 17.8. The van der Waals surface area contributed by atoms with Crippen LogP contribution in [0.5, 0.6) is 0 Å².